The lowest BCUT2D eigenvalue weighted by atomic mass is 10.1. The second-order valence-electron chi connectivity index (χ2n) is 1.89. The van der Waals surface area contributed by atoms with Crippen molar-refractivity contribution in [3.8, 4) is 12.1 Å². The second kappa shape index (κ2) is 4.58. The minimum absolute atomic E-state index is 0.616. The molecule has 0 radical (unpaired) electrons. The summed E-state index contributed by atoms with van der Waals surface area (Å²) in [5, 5.41) is 17.0. The molecule has 0 rings (SSSR count). The lowest BCUT2D eigenvalue weighted by molar-refractivity contribution is 1.06. The van der Waals surface area contributed by atoms with E-state index < -0.39 is 0 Å². The largest absolute Gasteiger partial charge is 0.193 e. The van der Waals surface area contributed by atoms with E-state index in [0.29, 0.717) is 24.0 Å². The third-order valence-corrected chi connectivity index (χ3v) is 1.34. The molecule has 0 saturated carbocycles. The van der Waals surface area contributed by atoms with E-state index >= 15 is 0 Å². The molecule has 0 N–H and O–H groups in total. The summed E-state index contributed by atoms with van der Waals surface area (Å²) in [5.74, 6) is 0. The highest BCUT2D eigenvalue weighted by molar-refractivity contribution is 5.35. The van der Waals surface area contributed by atoms with Gasteiger partial charge >= 0.3 is 0 Å². The Bertz CT molecular complexity index is 188. The Morgan fingerprint density at radius 2 is 1.30 bits per heavy atom. The number of rotatable bonds is 2. The van der Waals surface area contributed by atoms with Crippen molar-refractivity contribution in [1.82, 2.24) is 0 Å². The van der Waals surface area contributed by atoms with E-state index in [4.69, 9.17) is 10.5 Å². The quantitative estimate of drug-likeness (QED) is 0.543. The molecule has 0 bridgehead atoms. The molecule has 0 amide bonds. The SMILES string of the molecule is CC/C(C#N)=C(/C#N)CC. The van der Waals surface area contributed by atoms with Crippen LogP contribution in [0.1, 0.15) is 26.7 Å². The lowest BCUT2D eigenvalue weighted by Crippen LogP contribution is -1.83. The van der Waals surface area contributed by atoms with Gasteiger partial charge in [-0.25, -0.2) is 0 Å². The van der Waals surface area contributed by atoms with Crippen molar-refractivity contribution in [3.63, 3.8) is 0 Å². The van der Waals surface area contributed by atoms with Crippen LogP contribution in [0.3, 0.4) is 0 Å². The summed E-state index contributed by atoms with van der Waals surface area (Å²) in [6.45, 7) is 3.76. The average Bonchev–Trinajstić information content (AvgIpc) is 2.00. The van der Waals surface area contributed by atoms with E-state index in [1.807, 2.05) is 26.0 Å². The normalized spacial score (nSPS) is 11.2. The van der Waals surface area contributed by atoms with Crippen molar-refractivity contribution in [2.75, 3.05) is 0 Å². The molecule has 0 atom stereocenters. The van der Waals surface area contributed by atoms with Crippen LogP contribution in [0.4, 0.5) is 0 Å². The number of allylic oxidation sites excluding steroid dienone is 2. The first-order valence-corrected chi connectivity index (χ1v) is 3.32. The van der Waals surface area contributed by atoms with Gasteiger partial charge < -0.3 is 0 Å². The highest BCUT2D eigenvalue weighted by Gasteiger charge is 1.99. The Morgan fingerprint density at radius 3 is 1.40 bits per heavy atom. The number of hydrogen-bond donors (Lipinski definition) is 0. The molecule has 0 saturated heterocycles. The zero-order valence-corrected chi connectivity index (χ0v) is 6.31. The molecule has 0 fully saturated rings. The first-order chi connectivity index (χ1) is 4.79. The molecule has 0 heterocycles. The van der Waals surface area contributed by atoms with Gasteiger partial charge in [0, 0.05) is 11.1 Å². The predicted octanol–water partition coefficient (Wildman–Crippen LogP) is 2.15. The molecule has 0 aliphatic rings. The molecule has 0 unspecified atom stereocenters. The molecule has 0 aromatic heterocycles. The highest BCUT2D eigenvalue weighted by Crippen LogP contribution is 2.09. The van der Waals surface area contributed by atoms with Crippen molar-refractivity contribution in [2.45, 2.75) is 26.7 Å². The maximum Gasteiger partial charge on any atom is 0.0957 e. The number of hydrogen-bond acceptors (Lipinski definition) is 2. The fraction of sp³-hybridized carbons (Fsp3) is 0.500. The molecule has 52 valence electrons. The maximum absolute atomic E-state index is 8.50. The highest BCUT2D eigenvalue weighted by atomic mass is 14.3. The summed E-state index contributed by atoms with van der Waals surface area (Å²) >= 11 is 0. The van der Waals surface area contributed by atoms with E-state index in [-0.39, 0.29) is 0 Å². The van der Waals surface area contributed by atoms with Crippen LogP contribution in [-0.4, -0.2) is 0 Å². The summed E-state index contributed by atoms with van der Waals surface area (Å²) in [6.07, 6.45) is 1.32. The van der Waals surface area contributed by atoms with E-state index in [0.717, 1.165) is 0 Å². The van der Waals surface area contributed by atoms with Gasteiger partial charge in [-0.15, -0.1) is 0 Å². The Morgan fingerprint density at radius 1 is 1.00 bits per heavy atom. The third-order valence-electron chi connectivity index (χ3n) is 1.34. The van der Waals surface area contributed by atoms with Gasteiger partial charge in [-0.3, -0.25) is 0 Å². The molecule has 2 nitrogen and oxygen atoms in total. The average molecular weight is 134 g/mol. The zero-order valence-electron chi connectivity index (χ0n) is 6.31. The van der Waals surface area contributed by atoms with Gasteiger partial charge in [0.05, 0.1) is 12.1 Å². The van der Waals surface area contributed by atoms with Gasteiger partial charge in [-0.2, -0.15) is 10.5 Å². The van der Waals surface area contributed by atoms with Crippen molar-refractivity contribution in [3.05, 3.63) is 11.1 Å². The number of nitrogens with zero attached hydrogens (tertiary/aromatic N) is 2. The molecule has 0 spiro atoms. The van der Waals surface area contributed by atoms with Gasteiger partial charge in [0.15, 0.2) is 0 Å². The van der Waals surface area contributed by atoms with Crippen LogP contribution in [-0.2, 0) is 0 Å². The molecular weight excluding hydrogens is 124 g/mol. The van der Waals surface area contributed by atoms with Gasteiger partial charge in [0.2, 0.25) is 0 Å². The van der Waals surface area contributed by atoms with Crippen molar-refractivity contribution in [1.29, 1.82) is 10.5 Å². The third kappa shape index (κ3) is 1.91. The molecule has 0 aliphatic carbocycles. The van der Waals surface area contributed by atoms with Crippen LogP contribution in [0, 0.1) is 22.7 Å². The first-order valence-electron chi connectivity index (χ1n) is 3.32. The second-order valence-corrected chi connectivity index (χ2v) is 1.89. The lowest BCUT2D eigenvalue weighted by Gasteiger charge is -1.93. The molecule has 10 heavy (non-hydrogen) atoms. The van der Waals surface area contributed by atoms with Crippen LogP contribution in [0.5, 0.6) is 0 Å². The molecule has 0 aliphatic heterocycles. The smallest absolute Gasteiger partial charge is 0.0957 e. The van der Waals surface area contributed by atoms with Crippen molar-refractivity contribution < 1.29 is 0 Å². The van der Waals surface area contributed by atoms with Crippen LogP contribution in [0.2, 0.25) is 0 Å². The van der Waals surface area contributed by atoms with E-state index in [2.05, 4.69) is 0 Å². The molecule has 0 aromatic carbocycles. The molecule has 2 heteroatoms. The summed E-state index contributed by atoms with van der Waals surface area (Å²) in [4.78, 5) is 0. The summed E-state index contributed by atoms with van der Waals surface area (Å²) < 4.78 is 0. The summed E-state index contributed by atoms with van der Waals surface area (Å²) in [7, 11) is 0. The maximum atomic E-state index is 8.50. The standard InChI is InChI=1S/C8H10N2/c1-3-7(5-9)8(4-2)6-10/h3-4H2,1-2H3/b8-7-. The zero-order chi connectivity index (χ0) is 7.98. The fourth-order valence-electron chi connectivity index (χ4n) is 0.720. The van der Waals surface area contributed by atoms with Crippen LogP contribution in [0.25, 0.3) is 0 Å². The summed E-state index contributed by atoms with van der Waals surface area (Å²) in [5.41, 5.74) is 1.23. The molecular formula is C8H10N2. The number of nitriles is 2. The Balaban J connectivity index is 4.62. The van der Waals surface area contributed by atoms with Gasteiger partial charge in [0.1, 0.15) is 0 Å². The van der Waals surface area contributed by atoms with Crippen LogP contribution >= 0.6 is 0 Å². The van der Waals surface area contributed by atoms with E-state index in [1.54, 1.807) is 0 Å². The van der Waals surface area contributed by atoms with Crippen LogP contribution < -0.4 is 0 Å². The first kappa shape index (κ1) is 8.72. The molecule has 0 aromatic rings. The van der Waals surface area contributed by atoms with E-state index in [9.17, 15) is 0 Å². The minimum Gasteiger partial charge on any atom is -0.193 e. The van der Waals surface area contributed by atoms with E-state index in [1.165, 1.54) is 0 Å². The summed E-state index contributed by atoms with van der Waals surface area (Å²) in [6, 6.07) is 4.02. The minimum atomic E-state index is 0.616. The van der Waals surface area contributed by atoms with Gasteiger partial charge in [-0.1, -0.05) is 13.8 Å². The van der Waals surface area contributed by atoms with Crippen molar-refractivity contribution >= 4 is 0 Å². The topological polar surface area (TPSA) is 47.6 Å². The monoisotopic (exact) mass is 134 g/mol. The Labute approximate surface area is 61.4 Å². The van der Waals surface area contributed by atoms with Crippen LogP contribution in [0.15, 0.2) is 11.1 Å². The van der Waals surface area contributed by atoms with Crippen molar-refractivity contribution in [2.24, 2.45) is 0 Å². The Kier molecular flexibility index (Phi) is 4.00. The van der Waals surface area contributed by atoms with Gasteiger partial charge in [-0.05, 0) is 12.8 Å². The predicted molar refractivity (Wildman–Crippen MR) is 38.8 cm³/mol. The fourth-order valence-corrected chi connectivity index (χ4v) is 0.720. The van der Waals surface area contributed by atoms with Gasteiger partial charge in [0.25, 0.3) is 0 Å². The Hall–Kier alpha value is -1.28.